The number of amides is 1. The van der Waals surface area contributed by atoms with Crippen molar-refractivity contribution in [3.63, 3.8) is 0 Å². The molecule has 144 valence electrons. The van der Waals surface area contributed by atoms with Crippen LogP contribution in [0, 0.1) is 6.92 Å². The van der Waals surface area contributed by atoms with Crippen molar-refractivity contribution in [2.24, 2.45) is 5.73 Å². The monoisotopic (exact) mass is 400 g/mol. The van der Waals surface area contributed by atoms with E-state index in [1.54, 1.807) is 0 Å². The Kier molecular flexibility index (Phi) is 9.08. The smallest absolute Gasteiger partial charge is 0.239 e. The minimum Gasteiger partial charge on any atom is -0.361 e. The summed E-state index contributed by atoms with van der Waals surface area (Å²) in [5, 5.41) is 4.02. The molecule has 0 aliphatic carbocycles. The summed E-state index contributed by atoms with van der Waals surface area (Å²) in [4.78, 5) is 16.7. The largest absolute Gasteiger partial charge is 0.361 e. The van der Waals surface area contributed by atoms with Crippen LogP contribution >= 0.6 is 24.8 Å². The molecular formula is C18H26Cl2N4O2. The summed E-state index contributed by atoms with van der Waals surface area (Å²) in [5.41, 5.74) is 8.15. The highest BCUT2D eigenvalue weighted by molar-refractivity contribution is 5.85. The average molecular weight is 401 g/mol. The van der Waals surface area contributed by atoms with Crippen molar-refractivity contribution in [2.45, 2.75) is 25.9 Å². The van der Waals surface area contributed by atoms with E-state index in [9.17, 15) is 4.79 Å². The molecule has 1 aliphatic rings. The summed E-state index contributed by atoms with van der Waals surface area (Å²) in [6, 6.07) is 11.4. The first kappa shape index (κ1) is 22.4. The van der Waals surface area contributed by atoms with Crippen LogP contribution in [0.15, 0.2) is 40.9 Å². The summed E-state index contributed by atoms with van der Waals surface area (Å²) < 4.78 is 5.10. The SMILES string of the molecule is Cc1cc(CN2CCN(C(=O)C(N)Cc3ccccc3)CC2)no1.Cl.Cl. The van der Waals surface area contributed by atoms with Gasteiger partial charge < -0.3 is 15.2 Å². The van der Waals surface area contributed by atoms with E-state index in [4.69, 9.17) is 10.3 Å². The molecule has 1 unspecified atom stereocenters. The standard InChI is InChI=1S/C18H24N4O2.2ClH/c1-14-11-16(20-24-14)13-21-7-9-22(10-8-21)18(23)17(19)12-15-5-3-2-4-6-15;;/h2-6,11,17H,7-10,12-13,19H2,1H3;2*1H. The lowest BCUT2D eigenvalue weighted by molar-refractivity contribution is -0.134. The first-order valence-corrected chi connectivity index (χ1v) is 8.34. The van der Waals surface area contributed by atoms with Gasteiger partial charge in [-0.15, -0.1) is 24.8 Å². The minimum atomic E-state index is -0.475. The molecule has 0 saturated carbocycles. The number of carbonyl (C=O) groups is 1. The van der Waals surface area contributed by atoms with E-state index >= 15 is 0 Å². The van der Waals surface area contributed by atoms with Crippen LogP contribution < -0.4 is 5.73 Å². The van der Waals surface area contributed by atoms with Crippen LogP contribution in [0.4, 0.5) is 0 Å². The molecule has 2 aromatic rings. The van der Waals surface area contributed by atoms with Crippen LogP contribution in [0.2, 0.25) is 0 Å². The molecule has 1 atom stereocenters. The van der Waals surface area contributed by atoms with E-state index < -0.39 is 6.04 Å². The number of hydrogen-bond acceptors (Lipinski definition) is 5. The molecule has 0 spiro atoms. The number of nitrogens with two attached hydrogens (primary N) is 1. The van der Waals surface area contributed by atoms with Gasteiger partial charge in [-0.25, -0.2) is 0 Å². The van der Waals surface area contributed by atoms with Gasteiger partial charge in [0.2, 0.25) is 5.91 Å². The van der Waals surface area contributed by atoms with Gasteiger partial charge in [0.25, 0.3) is 0 Å². The van der Waals surface area contributed by atoms with E-state index in [2.05, 4.69) is 10.1 Å². The van der Waals surface area contributed by atoms with Crippen LogP contribution in [0.25, 0.3) is 0 Å². The Labute approximate surface area is 166 Å². The lowest BCUT2D eigenvalue weighted by Gasteiger charge is -2.35. The van der Waals surface area contributed by atoms with Crippen molar-refractivity contribution >= 4 is 30.7 Å². The van der Waals surface area contributed by atoms with Crippen LogP contribution in [0.3, 0.4) is 0 Å². The van der Waals surface area contributed by atoms with Crippen molar-refractivity contribution in [2.75, 3.05) is 26.2 Å². The maximum absolute atomic E-state index is 12.5. The number of piperazine rings is 1. The quantitative estimate of drug-likeness (QED) is 0.830. The molecular weight excluding hydrogens is 375 g/mol. The molecule has 1 saturated heterocycles. The lowest BCUT2D eigenvalue weighted by atomic mass is 10.1. The summed E-state index contributed by atoms with van der Waals surface area (Å²) in [5.74, 6) is 0.862. The fraction of sp³-hybridized carbons (Fsp3) is 0.444. The number of benzene rings is 1. The van der Waals surface area contributed by atoms with Crippen molar-refractivity contribution in [1.29, 1.82) is 0 Å². The zero-order valence-corrected chi connectivity index (χ0v) is 16.5. The van der Waals surface area contributed by atoms with Gasteiger partial charge in [-0.2, -0.15) is 0 Å². The topological polar surface area (TPSA) is 75.6 Å². The van der Waals surface area contributed by atoms with Gasteiger partial charge in [-0.05, 0) is 18.9 Å². The Bertz CT molecular complexity index is 673. The Morgan fingerprint density at radius 1 is 1.19 bits per heavy atom. The molecule has 0 radical (unpaired) electrons. The van der Waals surface area contributed by atoms with Gasteiger partial charge in [-0.1, -0.05) is 35.5 Å². The van der Waals surface area contributed by atoms with Crippen molar-refractivity contribution in [1.82, 2.24) is 15.0 Å². The second-order valence-electron chi connectivity index (χ2n) is 6.33. The maximum Gasteiger partial charge on any atom is 0.239 e. The molecule has 1 fully saturated rings. The van der Waals surface area contributed by atoms with E-state index in [0.29, 0.717) is 19.5 Å². The second kappa shape index (κ2) is 10.5. The molecule has 6 nitrogen and oxygen atoms in total. The fourth-order valence-electron chi connectivity index (χ4n) is 3.04. The first-order valence-electron chi connectivity index (χ1n) is 8.34. The molecule has 2 heterocycles. The minimum absolute atomic E-state index is 0. The maximum atomic E-state index is 12.5. The summed E-state index contributed by atoms with van der Waals surface area (Å²) >= 11 is 0. The number of aromatic nitrogens is 1. The number of nitrogens with zero attached hydrogens (tertiary/aromatic N) is 3. The molecule has 2 N–H and O–H groups in total. The van der Waals surface area contributed by atoms with Crippen molar-refractivity contribution in [3.05, 3.63) is 53.4 Å². The van der Waals surface area contributed by atoms with E-state index in [1.807, 2.05) is 48.2 Å². The molecule has 1 aliphatic heterocycles. The molecule has 1 aromatic carbocycles. The zero-order valence-electron chi connectivity index (χ0n) is 14.8. The molecule has 26 heavy (non-hydrogen) atoms. The number of halogens is 2. The van der Waals surface area contributed by atoms with Gasteiger partial charge in [0, 0.05) is 38.8 Å². The van der Waals surface area contributed by atoms with E-state index in [-0.39, 0.29) is 30.7 Å². The number of carbonyl (C=O) groups excluding carboxylic acids is 1. The Morgan fingerprint density at radius 3 is 2.42 bits per heavy atom. The zero-order chi connectivity index (χ0) is 16.9. The van der Waals surface area contributed by atoms with Crippen LogP contribution in [0.1, 0.15) is 17.0 Å². The van der Waals surface area contributed by atoms with E-state index in [1.165, 1.54) is 0 Å². The highest BCUT2D eigenvalue weighted by Gasteiger charge is 2.25. The number of aryl methyl sites for hydroxylation is 1. The molecule has 1 amide bonds. The van der Waals surface area contributed by atoms with Crippen LogP contribution in [-0.4, -0.2) is 53.1 Å². The predicted molar refractivity (Wildman–Crippen MR) is 106 cm³/mol. The lowest BCUT2D eigenvalue weighted by Crippen LogP contribution is -2.53. The summed E-state index contributed by atoms with van der Waals surface area (Å²) in [6.07, 6.45) is 0.581. The molecule has 8 heteroatoms. The van der Waals surface area contributed by atoms with Gasteiger partial charge in [0.15, 0.2) is 0 Å². The Morgan fingerprint density at radius 2 is 1.85 bits per heavy atom. The van der Waals surface area contributed by atoms with Gasteiger partial charge in [-0.3, -0.25) is 9.69 Å². The highest BCUT2D eigenvalue weighted by Crippen LogP contribution is 2.11. The Hall–Kier alpha value is -1.60. The summed E-state index contributed by atoms with van der Waals surface area (Å²) in [6.45, 7) is 5.72. The van der Waals surface area contributed by atoms with Crippen LogP contribution in [-0.2, 0) is 17.8 Å². The average Bonchev–Trinajstić information content (AvgIpc) is 3.00. The van der Waals surface area contributed by atoms with Crippen LogP contribution in [0.5, 0.6) is 0 Å². The third-order valence-corrected chi connectivity index (χ3v) is 4.36. The third kappa shape index (κ3) is 5.99. The fourth-order valence-corrected chi connectivity index (χ4v) is 3.04. The third-order valence-electron chi connectivity index (χ3n) is 4.36. The molecule has 3 rings (SSSR count). The predicted octanol–water partition coefficient (Wildman–Crippen LogP) is 2.04. The highest BCUT2D eigenvalue weighted by atomic mass is 35.5. The van der Waals surface area contributed by atoms with Crippen molar-refractivity contribution < 1.29 is 9.32 Å². The second-order valence-corrected chi connectivity index (χ2v) is 6.33. The number of rotatable bonds is 5. The number of hydrogen-bond donors (Lipinski definition) is 1. The molecule has 1 aromatic heterocycles. The molecule has 0 bridgehead atoms. The normalized spacial score (nSPS) is 15.7. The van der Waals surface area contributed by atoms with Gasteiger partial charge >= 0.3 is 0 Å². The van der Waals surface area contributed by atoms with Gasteiger partial charge in [0.05, 0.1) is 11.7 Å². The van der Waals surface area contributed by atoms with Gasteiger partial charge in [0.1, 0.15) is 5.76 Å². The van der Waals surface area contributed by atoms with Crippen molar-refractivity contribution in [3.8, 4) is 0 Å². The summed E-state index contributed by atoms with van der Waals surface area (Å²) in [7, 11) is 0. The Balaban J connectivity index is 0.00000169. The van der Waals surface area contributed by atoms with E-state index in [0.717, 1.165) is 36.7 Å². The first-order chi connectivity index (χ1) is 11.6.